The fourth-order valence-electron chi connectivity index (χ4n) is 1.25. The fourth-order valence-corrected chi connectivity index (χ4v) is 1.73. The minimum Gasteiger partial charge on any atom is -0.462 e. The number of hydrogen-bond donors (Lipinski definition) is 0. The van der Waals surface area contributed by atoms with E-state index in [9.17, 15) is 13.6 Å². The molecule has 5 heteroatoms. The Morgan fingerprint density at radius 1 is 1.50 bits per heavy atom. The van der Waals surface area contributed by atoms with Gasteiger partial charge in [0.05, 0.1) is 12.2 Å². The Morgan fingerprint density at radius 2 is 2.19 bits per heavy atom. The molecule has 0 amide bonds. The molecule has 0 N–H and O–H groups in total. The molecule has 0 aliphatic rings. The highest BCUT2D eigenvalue weighted by Gasteiger charge is 2.16. The van der Waals surface area contributed by atoms with Crippen LogP contribution in [-0.4, -0.2) is 12.6 Å². The van der Waals surface area contributed by atoms with Crippen molar-refractivity contribution in [2.45, 2.75) is 18.7 Å². The van der Waals surface area contributed by atoms with Crippen LogP contribution in [0.25, 0.3) is 0 Å². The van der Waals surface area contributed by atoms with Gasteiger partial charge in [-0.25, -0.2) is 13.6 Å². The third-order valence-corrected chi connectivity index (χ3v) is 2.63. The Hall–Kier alpha value is -0.970. The topological polar surface area (TPSA) is 26.3 Å². The SMILES string of the molecule is CCOC(=O)c1cc(C(F)F)ccc1CBr. The quantitative estimate of drug-likeness (QED) is 0.625. The Balaban J connectivity index is 3.11. The zero-order valence-corrected chi connectivity index (χ0v) is 10.3. The summed E-state index contributed by atoms with van der Waals surface area (Å²) in [6.45, 7) is 1.89. The highest BCUT2D eigenvalue weighted by Crippen LogP contribution is 2.23. The van der Waals surface area contributed by atoms with E-state index in [2.05, 4.69) is 15.9 Å². The molecule has 0 radical (unpaired) electrons. The van der Waals surface area contributed by atoms with E-state index in [0.29, 0.717) is 10.9 Å². The van der Waals surface area contributed by atoms with Crippen LogP contribution in [-0.2, 0) is 10.1 Å². The minimum absolute atomic E-state index is 0.173. The van der Waals surface area contributed by atoms with Gasteiger partial charge in [-0.1, -0.05) is 28.1 Å². The molecule has 0 aromatic heterocycles. The van der Waals surface area contributed by atoms with E-state index in [1.54, 1.807) is 6.92 Å². The molecule has 0 spiro atoms. The van der Waals surface area contributed by atoms with Crippen molar-refractivity contribution in [3.8, 4) is 0 Å². The van der Waals surface area contributed by atoms with Crippen LogP contribution in [0.4, 0.5) is 8.78 Å². The molecule has 0 fully saturated rings. The summed E-state index contributed by atoms with van der Waals surface area (Å²) in [5.74, 6) is -0.570. The van der Waals surface area contributed by atoms with Gasteiger partial charge in [0.2, 0.25) is 0 Å². The lowest BCUT2D eigenvalue weighted by molar-refractivity contribution is 0.0525. The Kier molecular flexibility index (Phi) is 4.86. The van der Waals surface area contributed by atoms with E-state index in [1.165, 1.54) is 18.2 Å². The molecule has 88 valence electrons. The maximum absolute atomic E-state index is 12.5. The van der Waals surface area contributed by atoms with Gasteiger partial charge >= 0.3 is 5.97 Å². The van der Waals surface area contributed by atoms with Crippen LogP contribution in [0, 0.1) is 0 Å². The third-order valence-electron chi connectivity index (χ3n) is 2.03. The summed E-state index contributed by atoms with van der Waals surface area (Å²) >= 11 is 3.19. The van der Waals surface area contributed by atoms with Gasteiger partial charge in [-0.05, 0) is 18.6 Å². The van der Waals surface area contributed by atoms with Crippen LogP contribution in [0.5, 0.6) is 0 Å². The molecular formula is C11H11BrF2O2. The summed E-state index contributed by atoms with van der Waals surface area (Å²) in [5, 5.41) is 0.421. The molecule has 0 saturated heterocycles. The summed E-state index contributed by atoms with van der Waals surface area (Å²) < 4.78 is 29.7. The molecule has 1 rings (SSSR count). The molecule has 0 saturated carbocycles. The Labute approximate surface area is 101 Å². The first-order chi connectivity index (χ1) is 7.60. The number of esters is 1. The van der Waals surface area contributed by atoms with Crippen LogP contribution in [0.15, 0.2) is 18.2 Å². The van der Waals surface area contributed by atoms with Gasteiger partial charge in [0.15, 0.2) is 0 Å². The molecule has 0 heterocycles. The number of carbonyl (C=O) groups excluding carboxylic acids is 1. The molecule has 0 aliphatic heterocycles. The Bertz CT molecular complexity index is 380. The molecule has 1 aromatic rings. The van der Waals surface area contributed by atoms with Crippen LogP contribution < -0.4 is 0 Å². The average molecular weight is 293 g/mol. The van der Waals surface area contributed by atoms with E-state index >= 15 is 0 Å². The van der Waals surface area contributed by atoms with Crippen molar-refractivity contribution in [1.29, 1.82) is 0 Å². The first-order valence-corrected chi connectivity index (χ1v) is 5.86. The number of benzene rings is 1. The molecular weight excluding hydrogens is 282 g/mol. The number of alkyl halides is 3. The van der Waals surface area contributed by atoms with Gasteiger partial charge in [-0.15, -0.1) is 0 Å². The molecule has 0 bridgehead atoms. The molecule has 1 aromatic carbocycles. The number of rotatable bonds is 4. The van der Waals surface area contributed by atoms with Crippen molar-refractivity contribution in [2.24, 2.45) is 0 Å². The first kappa shape index (κ1) is 13.1. The maximum Gasteiger partial charge on any atom is 0.338 e. The van der Waals surface area contributed by atoms with Crippen LogP contribution in [0.2, 0.25) is 0 Å². The summed E-state index contributed by atoms with van der Waals surface area (Å²) in [7, 11) is 0. The monoisotopic (exact) mass is 292 g/mol. The third kappa shape index (κ3) is 3.01. The number of halogens is 3. The number of carbonyl (C=O) groups is 1. The second-order valence-electron chi connectivity index (χ2n) is 3.07. The molecule has 0 aliphatic carbocycles. The molecule has 16 heavy (non-hydrogen) atoms. The zero-order chi connectivity index (χ0) is 12.1. The lowest BCUT2D eigenvalue weighted by Crippen LogP contribution is -2.08. The number of ether oxygens (including phenoxy) is 1. The normalized spacial score (nSPS) is 10.6. The van der Waals surface area contributed by atoms with Crippen LogP contribution in [0.1, 0.15) is 34.8 Å². The van der Waals surface area contributed by atoms with E-state index in [4.69, 9.17) is 4.74 Å². The average Bonchev–Trinajstić information content (AvgIpc) is 2.28. The van der Waals surface area contributed by atoms with Gasteiger partial charge in [-0.2, -0.15) is 0 Å². The molecule has 2 nitrogen and oxygen atoms in total. The highest BCUT2D eigenvalue weighted by atomic mass is 79.9. The summed E-state index contributed by atoms with van der Waals surface area (Å²) in [6, 6.07) is 3.99. The lowest BCUT2D eigenvalue weighted by Gasteiger charge is -2.08. The van der Waals surface area contributed by atoms with Crippen molar-refractivity contribution in [2.75, 3.05) is 6.61 Å². The molecule has 0 atom stereocenters. The largest absolute Gasteiger partial charge is 0.462 e. The lowest BCUT2D eigenvalue weighted by atomic mass is 10.1. The van der Waals surface area contributed by atoms with Crippen molar-refractivity contribution >= 4 is 21.9 Å². The van der Waals surface area contributed by atoms with Crippen LogP contribution in [0.3, 0.4) is 0 Å². The Morgan fingerprint density at radius 3 is 2.69 bits per heavy atom. The van der Waals surface area contributed by atoms with Crippen LogP contribution >= 0.6 is 15.9 Å². The second-order valence-corrected chi connectivity index (χ2v) is 3.63. The molecule has 0 unspecified atom stereocenters. The van der Waals surface area contributed by atoms with E-state index in [1.807, 2.05) is 0 Å². The smallest absolute Gasteiger partial charge is 0.338 e. The predicted molar refractivity (Wildman–Crippen MR) is 60.0 cm³/mol. The van der Waals surface area contributed by atoms with Gasteiger partial charge in [0, 0.05) is 10.9 Å². The first-order valence-electron chi connectivity index (χ1n) is 4.74. The van der Waals surface area contributed by atoms with Gasteiger partial charge in [0.25, 0.3) is 6.43 Å². The van der Waals surface area contributed by atoms with Crippen molar-refractivity contribution in [3.05, 3.63) is 34.9 Å². The second kappa shape index (κ2) is 5.94. The minimum atomic E-state index is -2.59. The van der Waals surface area contributed by atoms with Crippen molar-refractivity contribution in [1.82, 2.24) is 0 Å². The zero-order valence-electron chi connectivity index (χ0n) is 8.67. The summed E-state index contributed by atoms with van der Waals surface area (Å²) in [4.78, 5) is 11.5. The van der Waals surface area contributed by atoms with Gasteiger partial charge in [0.1, 0.15) is 0 Å². The van der Waals surface area contributed by atoms with E-state index in [-0.39, 0.29) is 17.7 Å². The van der Waals surface area contributed by atoms with Crippen molar-refractivity contribution in [3.63, 3.8) is 0 Å². The van der Waals surface area contributed by atoms with Gasteiger partial charge in [-0.3, -0.25) is 0 Å². The fraction of sp³-hybridized carbons (Fsp3) is 0.364. The summed E-state index contributed by atoms with van der Waals surface area (Å²) in [5.41, 5.74) is 0.659. The number of hydrogen-bond acceptors (Lipinski definition) is 2. The summed E-state index contributed by atoms with van der Waals surface area (Å²) in [6.07, 6.45) is -2.59. The highest BCUT2D eigenvalue weighted by molar-refractivity contribution is 9.08. The van der Waals surface area contributed by atoms with E-state index < -0.39 is 12.4 Å². The standard InChI is InChI=1S/C11H11BrF2O2/c1-2-16-11(15)9-5-7(10(13)14)3-4-8(9)6-12/h3-5,10H,2,6H2,1H3. The van der Waals surface area contributed by atoms with Crippen molar-refractivity contribution < 1.29 is 18.3 Å². The van der Waals surface area contributed by atoms with Gasteiger partial charge < -0.3 is 4.74 Å². The predicted octanol–water partition coefficient (Wildman–Crippen LogP) is 3.70. The maximum atomic E-state index is 12.5. The van der Waals surface area contributed by atoms with E-state index in [0.717, 1.165) is 0 Å².